The Labute approximate surface area is 138 Å². The molecule has 1 aliphatic rings. The molecule has 1 aliphatic heterocycles. The molecule has 3 N–H and O–H groups in total. The first-order valence-corrected chi connectivity index (χ1v) is 8.38. The summed E-state index contributed by atoms with van der Waals surface area (Å²) in [4.78, 5) is 13.4. The lowest BCUT2D eigenvalue weighted by Crippen LogP contribution is -2.45. The third kappa shape index (κ3) is 5.22. The van der Waals surface area contributed by atoms with Crippen LogP contribution in [-0.2, 0) is 4.79 Å². The van der Waals surface area contributed by atoms with E-state index in [-0.39, 0.29) is 18.4 Å². The Bertz CT molecular complexity index is 519. The number of likely N-dealkylation sites (tertiary alicyclic amines) is 1. The normalized spacial score (nSPS) is 20.4. The Morgan fingerprint density at radius 3 is 2.87 bits per heavy atom. The number of ether oxygens (including phenoxy) is 1. The second kappa shape index (κ2) is 8.31. The molecule has 1 heterocycles. The van der Waals surface area contributed by atoms with Crippen molar-refractivity contribution in [3.63, 3.8) is 0 Å². The summed E-state index contributed by atoms with van der Waals surface area (Å²) in [6.45, 7) is 6.53. The van der Waals surface area contributed by atoms with E-state index in [0.29, 0.717) is 19.0 Å². The number of nitrogens with zero attached hydrogens (tertiary/aromatic N) is 1. The molecule has 5 heteroatoms. The summed E-state index contributed by atoms with van der Waals surface area (Å²) in [5, 5.41) is 10.2. The smallest absolute Gasteiger partial charge is 0.221 e. The quantitative estimate of drug-likeness (QED) is 0.802. The maximum Gasteiger partial charge on any atom is 0.221 e. The number of carbonyl (C=O) groups excluding carboxylic acids is 1. The van der Waals surface area contributed by atoms with Crippen LogP contribution in [0.25, 0.3) is 0 Å². The van der Waals surface area contributed by atoms with Crippen LogP contribution in [0.2, 0.25) is 0 Å². The van der Waals surface area contributed by atoms with Crippen molar-refractivity contribution >= 4 is 5.91 Å². The molecule has 0 aromatic heterocycles. The molecule has 2 rings (SSSR count). The third-order valence-corrected chi connectivity index (χ3v) is 4.35. The molecule has 0 spiro atoms. The highest BCUT2D eigenvalue weighted by Crippen LogP contribution is 2.26. The lowest BCUT2D eigenvalue weighted by atomic mass is 9.97. The number of piperidine rings is 1. The van der Waals surface area contributed by atoms with E-state index >= 15 is 0 Å². The van der Waals surface area contributed by atoms with Gasteiger partial charge in [0.2, 0.25) is 5.91 Å². The van der Waals surface area contributed by atoms with E-state index in [2.05, 4.69) is 24.8 Å². The molecular weight excluding hydrogens is 292 g/mol. The SMILES string of the molecule is CC(C)c1ccccc1OC[C@@H](O)CN1CCC[C@@H](C(N)=O)C1. The fraction of sp³-hybridized carbons (Fsp3) is 0.611. The van der Waals surface area contributed by atoms with Gasteiger partial charge >= 0.3 is 0 Å². The fourth-order valence-corrected chi connectivity index (χ4v) is 3.08. The summed E-state index contributed by atoms with van der Waals surface area (Å²) in [5.41, 5.74) is 6.53. The first kappa shape index (κ1) is 17.8. The molecular formula is C18H28N2O3. The van der Waals surface area contributed by atoms with E-state index in [1.807, 2.05) is 18.2 Å². The van der Waals surface area contributed by atoms with Crippen molar-refractivity contribution < 1.29 is 14.6 Å². The highest BCUT2D eigenvalue weighted by Gasteiger charge is 2.25. The van der Waals surface area contributed by atoms with E-state index in [1.165, 1.54) is 0 Å². The van der Waals surface area contributed by atoms with Gasteiger partial charge in [-0.15, -0.1) is 0 Å². The Hall–Kier alpha value is -1.59. The number of benzene rings is 1. The van der Waals surface area contributed by atoms with Gasteiger partial charge in [0, 0.05) is 13.1 Å². The number of β-amino-alcohol motifs (C(OH)–C–C–N with tert-alkyl or cyclic N) is 1. The van der Waals surface area contributed by atoms with Gasteiger partial charge < -0.3 is 15.6 Å². The fourth-order valence-electron chi connectivity index (χ4n) is 3.08. The van der Waals surface area contributed by atoms with Crippen LogP contribution in [-0.4, -0.2) is 48.3 Å². The number of hydrogen-bond acceptors (Lipinski definition) is 4. The summed E-state index contributed by atoms with van der Waals surface area (Å²) >= 11 is 0. The Balaban J connectivity index is 1.83. The van der Waals surface area contributed by atoms with Crippen LogP contribution in [0.15, 0.2) is 24.3 Å². The number of nitrogens with two attached hydrogens (primary N) is 1. The van der Waals surface area contributed by atoms with E-state index in [9.17, 15) is 9.90 Å². The monoisotopic (exact) mass is 320 g/mol. The van der Waals surface area contributed by atoms with Gasteiger partial charge in [-0.2, -0.15) is 0 Å². The summed E-state index contributed by atoms with van der Waals surface area (Å²) in [6, 6.07) is 7.92. The second-order valence-electron chi connectivity index (χ2n) is 6.66. The molecule has 128 valence electrons. The van der Waals surface area contributed by atoms with Gasteiger partial charge in [0.25, 0.3) is 0 Å². The third-order valence-electron chi connectivity index (χ3n) is 4.35. The highest BCUT2D eigenvalue weighted by molar-refractivity contribution is 5.76. The van der Waals surface area contributed by atoms with Gasteiger partial charge in [-0.25, -0.2) is 0 Å². The van der Waals surface area contributed by atoms with Gasteiger partial charge in [-0.3, -0.25) is 9.69 Å². The molecule has 1 aromatic carbocycles. The summed E-state index contributed by atoms with van der Waals surface area (Å²) in [7, 11) is 0. The number of amides is 1. The molecule has 0 radical (unpaired) electrons. The van der Waals surface area contributed by atoms with Crippen LogP contribution in [0, 0.1) is 5.92 Å². The lowest BCUT2D eigenvalue weighted by Gasteiger charge is -2.32. The van der Waals surface area contributed by atoms with Gasteiger partial charge in [-0.05, 0) is 36.9 Å². The Kier molecular flexibility index (Phi) is 6.42. The zero-order chi connectivity index (χ0) is 16.8. The van der Waals surface area contributed by atoms with Crippen LogP contribution in [0.4, 0.5) is 0 Å². The number of carbonyl (C=O) groups is 1. The highest BCUT2D eigenvalue weighted by atomic mass is 16.5. The van der Waals surface area contributed by atoms with Gasteiger partial charge in [0.05, 0.1) is 5.92 Å². The Morgan fingerprint density at radius 1 is 1.43 bits per heavy atom. The van der Waals surface area contributed by atoms with Crippen LogP contribution in [0.5, 0.6) is 5.75 Å². The maximum atomic E-state index is 11.3. The molecule has 2 atom stereocenters. The van der Waals surface area contributed by atoms with E-state index in [0.717, 1.165) is 30.7 Å². The zero-order valence-electron chi connectivity index (χ0n) is 14.1. The molecule has 5 nitrogen and oxygen atoms in total. The number of rotatable bonds is 7. The van der Waals surface area contributed by atoms with Crippen molar-refractivity contribution in [3.8, 4) is 5.75 Å². The predicted octanol–water partition coefficient (Wildman–Crippen LogP) is 1.75. The van der Waals surface area contributed by atoms with E-state index in [1.54, 1.807) is 0 Å². The number of para-hydroxylation sites is 1. The Morgan fingerprint density at radius 2 is 2.17 bits per heavy atom. The summed E-state index contributed by atoms with van der Waals surface area (Å²) in [6.07, 6.45) is 1.21. The predicted molar refractivity (Wildman–Crippen MR) is 90.4 cm³/mol. The van der Waals surface area contributed by atoms with E-state index < -0.39 is 6.10 Å². The van der Waals surface area contributed by atoms with Crippen molar-refractivity contribution in [2.24, 2.45) is 11.7 Å². The van der Waals surface area contributed by atoms with E-state index in [4.69, 9.17) is 10.5 Å². The van der Waals surface area contributed by atoms with Crippen molar-refractivity contribution in [3.05, 3.63) is 29.8 Å². The summed E-state index contributed by atoms with van der Waals surface area (Å²) < 4.78 is 5.81. The van der Waals surface area contributed by atoms with Crippen LogP contribution < -0.4 is 10.5 Å². The first-order chi connectivity index (χ1) is 11.0. The minimum Gasteiger partial charge on any atom is -0.491 e. The molecule has 0 aliphatic carbocycles. The van der Waals surface area contributed by atoms with Gasteiger partial charge in [0.1, 0.15) is 18.5 Å². The van der Waals surface area contributed by atoms with Gasteiger partial charge in [-0.1, -0.05) is 32.0 Å². The topological polar surface area (TPSA) is 75.8 Å². The van der Waals surface area contributed by atoms with Gasteiger partial charge in [0.15, 0.2) is 0 Å². The summed E-state index contributed by atoms with van der Waals surface area (Å²) in [5.74, 6) is 0.863. The van der Waals surface area contributed by atoms with Crippen molar-refractivity contribution in [2.75, 3.05) is 26.2 Å². The average Bonchev–Trinajstić information content (AvgIpc) is 2.53. The van der Waals surface area contributed by atoms with Crippen molar-refractivity contribution in [2.45, 2.75) is 38.7 Å². The molecule has 1 saturated heterocycles. The number of hydrogen-bond donors (Lipinski definition) is 2. The maximum absolute atomic E-state index is 11.3. The number of aliphatic hydroxyl groups is 1. The lowest BCUT2D eigenvalue weighted by molar-refractivity contribution is -0.123. The largest absolute Gasteiger partial charge is 0.491 e. The minimum absolute atomic E-state index is 0.0986. The molecule has 1 amide bonds. The molecule has 23 heavy (non-hydrogen) atoms. The van der Waals surface area contributed by atoms with Crippen molar-refractivity contribution in [1.29, 1.82) is 0 Å². The van der Waals surface area contributed by atoms with Crippen LogP contribution >= 0.6 is 0 Å². The molecule has 0 unspecified atom stereocenters. The first-order valence-electron chi connectivity index (χ1n) is 8.38. The minimum atomic E-state index is -0.582. The average molecular weight is 320 g/mol. The number of primary amides is 1. The molecule has 1 aromatic rings. The zero-order valence-corrected chi connectivity index (χ0v) is 14.1. The van der Waals surface area contributed by atoms with Crippen LogP contribution in [0.3, 0.4) is 0 Å². The standard InChI is InChI=1S/C18H28N2O3/c1-13(2)16-7-3-4-8-17(16)23-12-15(21)11-20-9-5-6-14(10-20)18(19)22/h3-4,7-8,13-15,21H,5-6,9-12H2,1-2H3,(H2,19,22)/t14-,15+/m1/s1. The second-order valence-corrected chi connectivity index (χ2v) is 6.66. The molecule has 1 fully saturated rings. The van der Waals surface area contributed by atoms with Crippen molar-refractivity contribution in [1.82, 2.24) is 4.90 Å². The van der Waals surface area contributed by atoms with Crippen LogP contribution in [0.1, 0.15) is 38.2 Å². The number of aliphatic hydroxyl groups excluding tert-OH is 1. The molecule has 0 saturated carbocycles. The molecule has 0 bridgehead atoms.